The molecule has 0 bridgehead atoms. The molecule has 8 heteroatoms. The maximum absolute atomic E-state index is 14.2. The highest BCUT2D eigenvalue weighted by molar-refractivity contribution is 6.31. The number of hydrogen-bond acceptors (Lipinski definition) is 4. The van der Waals surface area contributed by atoms with Crippen LogP contribution in [-0.2, 0) is 22.7 Å². The van der Waals surface area contributed by atoms with Crippen molar-refractivity contribution in [3.63, 3.8) is 0 Å². The van der Waals surface area contributed by atoms with E-state index in [1.54, 1.807) is 18.0 Å². The summed E-state index contributed by atoms with van der Waals surface area (Å²) < 4.78 is 19.7. The molecule has 1 atom stereocenters. The molecule has 0 spiro atoms. The van der Waals surface area contributed by atoms with Crippen molar-refractivity contribution in [3.05, 3.63) is 58.3 Å². The minimum absolute atomic E-state index is 0.00586. The van der Waals surface area contributed by atoms with Gasteiger partial charge in [0.25, 0.3) is 0 Å². The molecule has 1 fully saturated rings. The Balaban J connectivity index is 1.70. The number of piperazine rings is 1. The van der Waals surface area contributed by atoms with E-state index in [1.165, 1.54) is 17.0 Å². The van der Waals surface area contributed by atoms with Crippen molar-refractivity contribution in [3.8, 4) is 0 Å². The van der Waals surface area contributed by atoms with Gasteiger partial charge < -0.3 is 14.6 Å². The van der Waals surface area contributed by atoms with E-state index in [1.807, 2.05) is 19.1 Å². The Morgan fingerprint density at radius 2 is 2.18 bits per heavy atom. The lowest BCUT2D eigenvalue weighted by molar-refractivity contribution is -0.138. The molecule has 0 aliphatic carbocycles. The van der Waals surface area contributed by atoms with E-state index in [9.17, 15) is 14.0 Å². The minimum atomic E-state index is -0.683. The van der Waals surface area contributed by atoms with Crippen LogP contribution < -0.4 is 5.32 Å². The van der Waals surface area contributed by atoms with E-state index in [0.717, 1.165) is 5.76 Å². The largest absolute Gasteiger partial charge is 0.464 e. The zero-order chi connectivity index (χ0) is 20.3. The number of rotatable bonds is 6. The summed E-state index contributed by atoms with van der Waals surface area (Å²) in [5.41, 5.74) is 0.329. The number of halogens is 2. The third-order valence-corrected chi connectivity index (χ3v) is 5.20. The van der Waals surface area contributed by atoms with E-state index in [4.69, 9.17) is 16.0 Å². The van der Waals surface area contributed by atoms with Crippen molar-refractivity contribution in [1.82, 2.24) is 15.1 Å². The first-order valence-corrected chi connectivity index (χ1v) is 9.47. The monoisotopic (exact) mass is 407 g/mol. The topological polar surface area (TPSA) is 65.8 Å². The van der Waals surface area contributed by atoms with Crippen molar-refractivity contribution in [2.75, 3.05) is 20.1 Å². The molecule has 0 radical (unpaired) electrons. The maximum atomic E-state index is 14.2. The number of benzene rings is 1. The fraction of sp³-hybridized carbons (Fsp3) is 0.400. The van der Waals surface area contributed by atoms with E-state index >= 15 is 0 Å². The van der Waals surface area contributed by atoms with Gasteiger partial charge in [0.2, 0.25) is 11.8 Å². The van der Waals surface area contributed by atoms with Crippen molar-refractivity contribution in [2.45, 2.75) is 32.5 Å². The smallest absolute Gasteiger partial charge is 0.237 e. The Morgan fingerprint density at radius 1 is 1.39 bits per heavy atom. The fourth-order valence-electron chi connectivity index (χ4n) is 3.27. The number of carbonyl (C=O) groups is 2. The Hall–Kier alpha value is -2.38. The normalized spacial score (nSPS) is 17.4. The summed E-state index contributed by atoms with van der Waals surface area (Å²) in [7, 11) is 1.67. The summed E-state index contributed by atoms with van der Waals surface area (Å²) in [6.45, 7) is 3.27. The first-order chi connectivity index (χ1) is 13.3. The molecule has 1 aromatic carbocycles. The number of carbonyl (C=O) groups excluding carboxylic acids is 2. The third-order valence-electron chi connectivity index (χ3n) is 4.85. The summed E-state index contributed by atoms with van der Waals surface area (Å²) in [4.78, 5) is 28.4. The highest BCUT2D eigenvalue weighted by Crippen LogP contribution is 2.23. The van der Waals surface area contributed by atoms with Crippen LogP contribution in [0.4, 0.5) is 4.39 Å². The zero-order valence-corrected chi connectivity index (χ0v) is 16.6. The van der Waals surface area contributed by atoms with E-state index in [0.29, 0.717) is 36.0 Å². The van der Waals surface area contributed by atoms with Crippen molar-refractivity contribution in [2.24, 2.45) is 0 Å². The second-order valence-electron chi connectivity index (χ2n) is 6.94. The van der Waals surface area contributed by atoms with E-state index in [2.05, 4.69) is 5.32 Å². The summed E-state index contributed by atoms with van der Waals surface area (Å²) in [5, 5.41) is 3.08. The van der Waals surface area contributed by atoms with Gasteiger partial charge in [-0.1, -0.05) is 17.7 Å². The molecule has 3 rings (SSSR count). The molecule has 0 unspecified atom stereocenters. The number of nitrogens with zero attached hydrogens (tertiary/aromatic N) is 2. The zero-order valence-electron chi connectivity index (χ0n) is 15.9. The van der Waals surface area contributed by atoms with Gasteiger partial charge in [-0.25, -0.2) is 4.39 Å². The Morgan fingerprint density at radius 3 is 2.86 bits per heavy atom. The first kappa shape index (κ1) is 20.4. The summed E-state index contributed by atoms with van der Waals surface area (Å²) in [6.07, 6.45) is -0.00586. The van der Waals surface area contributed by atoms with Gasteiger partial charge in [-0.3, -0.25) is 14.5 Å². The van der Waals surface area contributed by atoms with Gasteiger partial charge in [-0.05, 0) is 31.2 Å². The number of furan rings is 1. The van der Waals surface area contributed by atoms with Crippen LogP contribution in [0.25, 0.3) is 0 Å². The standard InChI is InChI=1S/C20H23ClFN3O3/c1-13-6-7-14(28-13)11-24(2)19(26)10-18-20(27)23-8-9-25(18)12-15-16(21)4-3-5-17(15)22/h3-7,18H,8-12H2,1-2H3,(H,23,27)/t18-/m1/s1. The number of hydrogen-bond donors (Lipinski definition) is 1. The molecular formula is C20H23ClFN3O3. The highest BCUT2D eigenvalue weighted by atomic mass is 35.5. The second-order valence-corrected chi connectivity index (χ2v) is 7.35. The SMILES string of the molecule is Cc1ccc(CN(C)C(=O)C[C@@H]2C(=O)NCCN2Cc2c(F)cccc2Cl)o1. The number of nitrogens with one attached hydrogen (secondary N) is 1. The van der Waals surface area contributed by atoms with Gasteiger partial charge in [0, 0.05) is 37.3 Å². The first-order valence-electron chi connectivity index (χ1n) is 9.09. The van der Waals surface area contributed by atoms with Gasteiger partial charge in [-0.15, -0.1) is 0 Å². The summed E-state index contributed by atoms with van der Waals surface area (Å²) >= 11 is 6.13. The lowest BCUT2D eigenvalue weighted by atomic mass is 10.1. The molecule has 1 aliphatic heterocycles. The lowest BCUT2D eigenvalue weighted by Crippen LogP contribution is -2.56. The predicted molar refractivity (Wildman–Crippen MR) is 103 cm³/mol. The van der Waals surface area contributed by atoms with Crippen LogP contribution in [0.5, 0.6) is 0 Å². The van der Waals surface area contributed by atoms with Crippen molar-refractivity contribution < 1.29 is 18.4 Å². The minimum Gasteiger partial charge on any atom is -0.464 e. The molecule has 0 saturated carbocycles. The van der Waals surface area contributed by atoms with Crippen LogP contribution in [0, 0.1) is 12.7 Å². The van der Waals surface area contributed by atoms with Gasteiger partial charge in [-0.2, -0.15) is 0 Å². The second kappa shape index (κ2) is 8.75. The molecule has 1 aliphatic rings. The average molecular weight is 408 g/mol. The van der Waals surface area contributed by atoms with Gasteiger partial charge in [0.15, 0.2) is 0 Å². The Labute approximate surface area is 168 Å². The van der Waals surface area contributed by atoms with Crippen LogP contribution in [0.1, 0.15) is 23.5 Å². The van der Waals surface area contributed by atoms with Gasteiger partial charge in [0.05, 0.1) is 19.0 Å². The molecule has 28 heavy (non-hydrogen) atoms. The lowest BCUT2D eigenvalue weighted by Gasteiger charge is -2.35. The van der Waals surface area contributed by atoms with Gasteiger partial charge in [0.1, 0.15) is 17.3 Å². The summed E-state index contributed by atoms with van der Waals surface area (Å²) in [5.74, 6) is 0.593. The predicted octanol–water partition coefficient (Wildman–Crippen LogP) is 2.73. The Bertz CT molecular complexity index is 850. The number of aryl methyl sites for hydroxylation is 1. The quantitative estimate of drug-likeness (QED) is 0.799. The van der Waals surface area contributed by atoms with Crippen LogP contribution in [0.15, 0.2) is 34.7 Å². The molecule has 1 saturated heterocycles. The van der Waals surface area contributed by atoms with Crippen LogP contribution in [-0.4, -0.2) is 47.8 Å². The highest BCUT2D eigenvalue weighted by Gasteiger charge is 2.33. The van der Waals surface area contributed by atoms with Crippen LogP contribution in [0.2, 0.25) is 5.02 Å². The Kier molecular flexibility index (Phi) is 6.36. The third kappa shape index (κ3) is 4.72. The fourth-order valence-corrected chi connectivity index (χ4v) is 3.50. The van der Waals surface area contributed by atoms with Crippen molar-refractivity contribution in [1.29, 1.82) is 0 Å². The molecule has 6 nitrogen and oxygen atoms in total. The molecule has 2 amide bonds. The molecule has 1 aromatic heterocycles. The molecule has 1 N–H and O–H groups in total. The maximum Gasteiger partial charge on any atom is 0.237 e. The van der Waals surface area contributed by atoms with E-state index in [-0.39, 0.29) is 24.8 Å². The van der Waals surface area contributed by atoms with Gasteiger partial charge >= 0.3 is 0 Å². The molecule has 150 valence electrons. The molecular weight excluding hydrogens is 385 g/mol. The number of amides is 2. The average Bonchev–Trinajstić information content (AvgIpc) is 3.05. The molecule has 2 aromatic rings. The van der Waals surface area contributed by atoms with Crippen LogP contribution in [0.3, 0.4) is 0 Å². The van der Waals surface area contributed by atoms with Crippen LogP contribution >= 0.6 is 11.6 Å². The molecule has 2 heterocycles. The summed E-state index contributed by atoms with van der Waals surface area (Å²) in [6, 6.07) is 7.46. The van der Waals surface area contributed by atoms with E-state index < -0.39 is 11.9 Å². The van der Waals surface area contributed by atoms with Crippen molar-refractivity contribution >= 4 is 23.4 Å².